The number of rotatable bonds is 6. The molecule has 1 unspecified atom stereocenters. The quantitative estimate of drug-likeness (QED) is 0.659. The first-order valence-electron chi connectivity index (χ1n) is 8.51. The summed E-state index contributed by atoms with van der Waals surface area (Å²) in [5, 5.41) is 4.63. The summed E-state index contributed by atoms with van der Waals surface area (Å²) in [5.41, 5.74) is 3.03. The number of carbonyl (C=O) groups excluding carboxylic acids is 1. The maximum Gasteiger partial charge on any atom is 0.233 e. The molecule has 0 aliphatic carbocycles. The average Bonchev–Trinajstić information content (AvgIpc) is 2.66. The van der Waals surface area contributed by atoms with Gasteiger partial charge >= 0.3 is 0 Å². The lowest BCUT2D eigenvalue weighted by Gasteiger charge is -2.13. The van der Waals surface area contributed by atoms with Crippen LogP contribution in [0.2, 0.25) is 0 Å². The molecule has 0 saturated heterocycles. The molecule has 3 aromatic rings. The Morgan fingerprint density at radius 3 is 2.69 bits per heavy atom. The van der Waals surface area contributed by atoms with E-state index in [0.717, 1.165) is 32.8 Å². The van der Waals surface area contributed by atoms with Crippen LogP contribution in [0.1, 0.15) is 18.1 Å². The molecule has 0 aliphatic rings. The number of nitrogens with one attached hydrogen (secondary N) is 1. The molecule has 1 N–H and O–H groups in total. The number of ether oxygens (including phenoxy) is 1. The number of methoxy groups -OCH3 is 1. The van der Waals surface area contributed by atoms with Crippen LogP contribution < -0.4 is 10.1 Å². The molecular formula is C21H22N2O2S. The van der Waals surface area contributed by atoms with E-state index in [-0.39, 0.29) is 11.2 Å². The van der Waals surface area contributed by atoms with Crippen molar-refractivity contribution in [2.24, 2.45) is 0 Å². The van der Waals surface area contributed by atoms with E-state index in [0.29, 0.717) is 6.54 Å². The second kappa shape index (κ2) is 8.23. The molecule has 1 atom stereocenters. The van der Waals surface area contributed by atoms with Gasteiger partial charge in [0.15, 0.2) is 0 Å². The van der Waals surface area contributed by atoms with E-state index >= 15 is 0 Å². The van der Waals surface area contributed by atoms with Crippen LogP contribution >= 0.6 is 11.8 Å². The molecule has 0 fully saturated rings. The monoisotopic (exact) mass is 366 g/mol. The normalized spacial score (nSPS) is 12.0. The second-order valence-electron chi connectivity index (χ2n) is 6.10. The van der Waals surface area contributed by atoms with Crippen molar-refractivity contribution >= 4 is 28.6 Å². The maximum absolute atomic E-state index is 12.4. The zero-order chi connectivity index (χ0) is 18.5. The van der Waals surface area contributed by atoms with E-state index in [1.165, 1.54) is 11.8 Å². The first kappa shape index (κ1) is 18.3. The molecule has 0 saturated carbocycles. The topological polar surface area (TPSA) is 51.2 Å². The van der Waals surface area contributed by atoms with Crippen molar-refractivity contribution in [2.45, 2.75) is 30.7 Å². The van der Waals surface area contributed by atoms with Crippen molar-refractivity contribution in [1.29, 1.82) is 0 Å². The van der Waals surface area contributed by atoms with Crippen molar-refractivity contribution < 1.29 is 9.53 Å². The van der Waals surface area contributed by atoms with Crippen molar-refractivity contribution in [3.8, 4) is 5.75 Å². The third-order valence-corrected chi connectivity index (χ3v) is 5.20. The van der Waals surface area contributed by atoms with Crippen LogP contribution in [0.15, 0.2) is 59.6 Å². The number of benzene rings is 2. The predicted molar refractivity (Wildman–Crippen MR) is 107 cm³/mol. The Bertz CT molecular complexity index is 913. The summed E-state index contributed by atoms with van der Waals surface area (Å²) in [7, 11) is 1.64. The molecule has 0 aliphatic heterocycles. The smallest absolute Gasteiger partial charge is 0.233 e. The number of aryl methyl sites for hydroxylation is 1. The number of hydrogen-bond donors (Lipinski definition) is 1. The summed E-state index contributed by atoms with van der Waals surface area (Å²) in [5.74, 6) is 0.743. The molecule has 1 heterocycles. The Labute approximate surface area is 158 Å². The van der Waals surface area contributed by atoms with Gasteiger partial charge in [-0.15, -0.1) is 0 Å². The van der Waals surface area contributed by atoms with Crippen LogP contribution in [-0.2, 0) is 11.3 Å². The minimum absolute atomic E-state index is 0.00145. The molecular weight excluding hydrogens is 344 g/mol. The van der Waals surface area contributed by atoms with Gasteiger partial charge in [0, 0.05) is 11.9 Å². The lowest BCUT2D eigenvalue weighted by Crippen LogP contribution is -2.30. The van der Waals surface area contributed by atoms with Gasteiger partial charge in [-0.25, -0.2) is 4.98 Å². The summed E-state index contributed by atoms with van der Waals surface area (Å²) >= 11 is 1.46. The lowest BCUT2D eigenvalue weighted by molar-refractivity contribution is -0.120. The summed E-state index contributed by atoms with van der Waals surface area (Å²) in [6, 6.07) is 17.8. The molecule has 3 rings (SSSR count). The number of para-hydroxylation sites is 1. The van der Waals surface area contributed by atoms with Crippen LogP contribution in [0.4, 0.5) is 0 Å². The van der Waals surface area contributed by atoms with Crippen molar-refractivity contribution in [3.05, 3.63) is 65.7 Å². The molecule has 26 heavy (non-hydrogen) atoms. The van der Waals surface area contributed by atoms with Crippen LogP contribution in [0, 0.1) is 6.92 Å². The highest BCUT2D eigenvalue weighted by Crippen LogP contribution is 2.31. The minimum atomic E-state index is -0.238. The zero-order valence-electron chi connectivity index (χ0n) is 15.2. The predicted octanol–water partition coefficient (Wildman–Crippen LogP) is 4.35. The molecule has 5 heteroatoms. The van der Waals surface area contributed by atoms with Crippen molar-refractivity contribution in [3.63, 3.8) is 0 Å². The first-order valence-corrected chi connectivity index (χ1v) is 9.39. The molecule has 1 aromatic heterocycles. The van der Waals surface area contributed by atoms with E-state index < -0.39 is 0 Å². The fourth-order valence-electron chi connectivity index (χ4n) is 2.75. The fraction of sp³-hybridized carbons (Fsp3) is 0.238. The number of fused-ring (bicyclic) bond motifs is 1. The van der Waals surface area contributed by atoms with Crippen LogP contribution in [0.3, 0.4) is 0 Å². The molecule has 4 nitrogen and oxygen atoms in total. The van der Waals surface area contributed by atoms with Gasteiger partial charge in [-0.1, -0.05) is 54.2 Å². The van der Waals surface area contributed by atoms with Gasteiger partial charge in [-0.3, -0.25) is 4.79 Å². The molecule has 2 aromatic carbocycles. The SMILES string of the molecule is COc1cccc2c(C)cc(SC(C)C(=O)NCc3ccccc3)nc12. The summed E-state index contributed by atoms with van der Waals surface area (Å²) < 4.78 is 5.43. The molecule has 0 spiro atoms. The van der Waals surface area contributed by atoms with Gasteiger partial charge in [0.1, 0.15) is 11.3 Å². The number of pyridine rings is 1. The lowest BCUT2D eigenvalue weighted by atomic mass is 10.1. The van der Waals surface area contributed by atoms with E-state index in [1.54, 1.807) is 7.11 Å². The third kappa shape index (κ3) is 4.17. The number of thioether (sulfide) groups is 1. The molecule has 0 bridgehead atoms. The van der Waals surface area contributed by atoms with Crippen molar-refractivity contribution in [1.82, 2.24) is 10.3 Å². The number of aromatic nitrogens is 1. The first-order chi connectivity index (χ1) is 12.6. The molecule has 0 radical (unpaired) electrons. The van der Waals surface area contributed by atoms with Gasteiger partial charge in [0.05, 0.1) is 17.4 Å². The third-order valence-electron chi connectivity index (χ3n) is 4.18. The Kier molecular flexibility index (Phi) is 5.78. The number of amides is 1. The molecule has 1 amide bonds. The Balaban J connectivity index is 1.72. The van der Waals surface area contributed by atoms with E-state index in [1.807, 2.05) is 68.4 Å². The highest BCUT2D eigenvalue weighted by molar-refractivity contribution is 8.00. The maximum atomic E-state index is 12.4. The highest BCUT2D eigenvalue weighted by atomic mass is 32.2. The van der Waals surface area contributed by atoms with Gasteiger partial charge in [-0.05, 0) is 37.1 Å². The number of nitrogens with zero attached hydrogens (tertiary/aromatic N) is 1. The van der Waals surface area contributed by atoms with Gasteiger partial charge in [-0.2, -0.15) is 0 Å². The van der Waals surface area contributed by atoms with Gasteiger partial charge < -0.3 is 10.1 Å². The van der Waals surface area contributed by atoms with Crippen molar-refractivity contribution in [2.75, 3.05) is 7.11 Å². The van der Waals surface area contributed by atoms with E-state index in [4.69, 9.17) is 9.72 Å². The minimum Gasteiger partial charge on any atom is -0.494 e. The van der Waals surface area contributed by atoms with Gasteiger partial charge in [0.25, 0.3) is 0 Å². The summed E-state index contributed by atoms with van der Waals surface area (Å²) in [4.78, 5) is 17.1. The Morgan fingerprint density at radius 1 is 1.19 bits per heavy atom. The summed E-state index contributed by atoms with van der Waals surface area (Å²) in [6.45, 7) is 4.48. The van der Waals surface area contributed by atoms with Crippen LogP contribution in [0.25, 0.3) is 10.9 Å². The zero-order valence-corrected chi connectivity index (χ0v) is 16.0. The average molecular weight is 366 g/mol. The Morgan fingerprint density at radius 2 is 1.96 bits per heavy atom. The highest BCUT2D eigenvalue weighted by Gasteiger charge is 2.16. The van der Waals surface area contributed by atoms with E-state index in [2.05, 4.69) is 5.32 Å². The standard InChI is InChI=1S/C21H22N2O2S/c1-14-12-19(23-20-17(14)10-7-11-18(20)25-3)26-15(2)21(24)22-13-16-8-5-4-6-9-16/h4-12,15H,13H2,1-3H3,(H,22,24). The Hall–Kier alpha value is -2.53. The van der Waals surface area contributed by atoms with Crippen LogP contribution in [0.5, 0.6) is 5.75 Å². The largest absolute Gasteiger partial charge is 0.494 e. The number of carbonyl (C=O) groups is 1. The summed E-state index contributed by atoms with van der Waals surface area (Å²) in [6.07, 6.45) is 0. The second-order valence-corrected chi connectivity index (χ2v) is 7.46. The van der Waals surface area contributed by atoms with Gasteiger partial charge in [0.2, 0.25) is 5.91 Å². The fourth-order valence-corrected chi connectivity index (χ4v) is 3.69. The molecule has 134 valence electrons. The number of hydrogen-bond acceptors (Lipinski definition) is 4. The van der Waals surface area contributed by atoms with E-state index in [9.17, 15) is 4.79 Å². The van der Waals surface area contributed by atoms with Crippen LogP contribution in [-0.4, -0.2) is 23.3 Å².